The highest BCUT2D eigenvalue weighted by atomic mass is 32.2. The molecule has 1 aliphatic rings. The summed E-state index contributed by atoms with van der Waals surface area (Å²) in [5, 5.41) is 18.5. The number of hydrogen-bond donors (Lipinski definition) is 1. The van der Waals surface area contributed by atoms with Crippen molar-refractivity contribution in [3.05, 3.63) is 48.0 Å². The Morgan fingerprint density at radius 3 is 2.67 bits per heavy atom. The van der Waals surface area contributed by atoms with E-state index in [1.54, 1.807) is 35.7 Å². The van der Waals surface area contributed by atoms with Gasteiger partial charge in [-0.15, -0.1) is 0 Å². The molecule has 104 valence electrons. The average molecular weight is 296 g/mol. The van der Waals surface area contributed by atoms with E-state index in [1.165, 1.54) is 0 Å². The molecule has 0 aliphatic carbocycles. The fraction of sp³-hybridized carbons (Fsp3) is 0.125. The molecule has 1 aliphatic heterocycles. The van der Waals surface area contributed by atoms with E-state index in [2.05, 4.69) is 6.07 Å². The summed E-state index contributed by atoms with van der Waals surface area (Å²) in [6.07, 6.45) is 0. The maximum Gasteiger partial charge on any atom is 0.326 e. The van der Waals surface area contributed by atoms with Crippen molar-refractivity contribution in [2.24, 2.45) is 0 Å². The Balaban J connectivity index is 2.22. The second kappa shape index (κ2) is 5.15. The lowest BCUT2D eigenvalue weighted by molar-refractivity contribution is -0.138. The van der Waals surface area contributed by atoms with E-state index in [1.807, 2.05) is 30.3 Å². The molecule has 5 heteroatoms. The highest BCUT2D eigenvalue weighted by Gasteiger charge is 2.30. The molecule has 2 aromatic carbocycles. The number of anilines is 2. The molecule has 0 saturated heterocycles. The molecule has 0 spiro atoms. The number of rotatable bonds is 2. The number of para-hydroxylation sites is 1. The van der Waals surface area contributed by atoms with Crippen LogP contribution in [0.4, 0.5) is 11.4 Å². The van der Waals surface area contributed by atoms with Crippen LogP contribution < -0.4 is 4.90 Å². The predicted octanol–water partition coefficient (Wildman–Crippen LogP) is 3.63. The Labute approximate surface area is 126 Å². The Hall–Kier alpha value is -2.45. The number of carboxylic acid groups (broad SMARTS) is 1. The molecule has 1 heterocycles. The molecule has 0 bridgehead atoms. The van der Waals surface area contributed by atoms with Gasteiger partial charge in [-0.2, -0.15) is 5.26 Å². The topological polar surface area (TPSA) is 64.3 Å². The van der Waals surface area contributed by atoms with E-state index >= 15 is 0 Å². The highest BCUT2D eigenvalue weighted by molar-refractivity contribution is 7.99. The van der Waals surface area contributed by atoms with Crippen LogP contribution in [0.15, 0.2) is 52.3 Å². The Morgan fingerprint density at radius 2 is 1.95 bits per heavy atom. The smallest absolute Gasteiger partial charge is 0.326 e. The van der Waals surface area contributed by atoms with Crippen molar-refractivity contribution in [1.29, 1.82) is 5.26 Å². The van der Waals surface area contributed by atoms with E-state index in [0.29, 0.717) is 5.56 Å². The van der Waals surface area contributed by atoms with Gasteiger partial charge in [0.15, 0.2) is 0 Å². The molecular formula is C16H12N2O2S. The first kappa shape index (κ1) is 13.5. The van der Waals surface area contributed by atoms with Crippen LogP contribution in [0.1, 0.15) is 12.5 Å². The van der Waals surface area contributed by atoms with Crippen LogP contribution >= 0.6 is 11.8 Å². The van der Waals surface area contributed by atoms with Crippen molar-refractivity contribution in [2.75, 3.05) is 4.90 Å². The number of fused-ring (bicyclic) bond motifs is 2. The summed E-state index contributed by atoms with van der Waals surface area (Å²) in [4.78, 5) is 15.2. The van der Waals surface area contributed by atoms with E-state index in [4.69, 9.17) is 5.26 Å². The minimum atomic E-state index is -0.898. The predicted molar refractivity (Wildman–Crippen MR) is 81.0 cm³/mol. The minimum absolute atomic E-state index is 0.524. The normalized spacial score (nSPS) is 13.8. The summed E-state index contributed by atoms with van der Waals surface area (Å²) >= 11 is 1.59. The van der Waals surface area contributed by atoms with Gasteiger partial charge in [-0.3, -0.25) is 0 Å². The lowest BCUT2D eigenvalue weighted by atomic mass is 10.1. The van der Waals surface area contributed by atoms with Crippen LogP contribution in [-0.4, -0.2) is 17.1 Å². The van der Waals surface area contributed by atoms with Crippen molar-refractivity contribution in [3.8, 4) is 6.07 Å². The van der Waals surface area contributed by atoms with Gasteiger partial charge < -0.3 is 10.0 Å². The lowest BCUT2D eigenvalue weighted by Crippen LogP contribution is -2.36. The minimum Gasteiger partial charge on any atom is -0.480 e. The largest absolute Gasteiger partial charge is 0.480 e. The summed E-state index contributed by atoms with van der Waals surface area (Å²) in [6, 6.07) is 14.5. The van der Waals surface area contributed by atoms with E-state index in [-0.39, 0.29) is 0 Å². The zero-order valence-electron chi connectivity index (χ0n) is 11.3. The molecular weight excluding hydrogens is 284 g/mol. The lowest BCUT2D eigenvalue weighted by Gasteiger charge is -2.35. The van der Waals surface area contributed by atoms with Gasteiger partial charge in [-0.1, -0.05) is 23.9 Å². The third-order valence-corrected chi connectivity index (χ3v) is 4.57. The monoisotopic (exact) mass is 296 g/mol. The number of carbonyl (C=O) groups is 1. The number of nitriles is 1. The molecule has 4 nitrogen and oxygen atoms in total. The maximum absolute atomic E-state index is 11.5. The summed E-state index contributed by atoms with van der Waals surface area (Å²) in [7, 11) is 0. The average Bonchev–Trinajstić information content (AvgIpc) is 2.51. The molecule has 0 radical (unpaired) electrons. The van der Waals surface area contributed by atoms with Gasteiger partial charge >= 0.3 is 5.97 Å². The number of hydrogen-bond acceptors (Lipinski definition) is 4. The van der Waals surface area contributed by atoms with Crippen molar-refractivity contribution in [3.63, 3.8) is 0 Å². The molecule has 0 amide bonds. The van der Waals surface area contributed by atoms with Crippen LogP contribution in [0.5, 0.6) is 0 Å². The Kier molecular flexibility index (Phi) is 3.32. The third-order valence-electron chi connectivity index (χ3n) is 3.44. The number of benzene rings is 2. The van der Waals surface area contributed by atoms with Gasteiger partial charge in [-0.25, -0.2) is 4.79 Å². The van der Waals surface area contributed by atoms with Crippen LogP contribution in [0.2, 0.25) is 0 Å². The SMILES string of the molecule is C[C@@H](C(=O)O)N1c2ccccc2Sc2ccc(C#N)cc21. The van der Waals surface area contributed by atoms with Crippen LogP contribution in [0, 0.1) is 11.3 Å². The van der Waals surface area contributed by atoms with Gasteiger partial charge in [0.25, 0.3) is 0 Å². The maximum atomic E-state index is 11.5. The van der Waals surface area contributed by atoms with E-state index in [0.717, 1.165) is 21.2 Å². The summed E-state index contributed by atoms with van der Waals surface area (Å²) in [5.74, 6) is -0.898. The zero-order valence-corrected chi connectivity index (χ0v) is 12.1. The molecule has 1 N–H and O–H groups in total. The van der Waals surface area contributed by atoms with Crippen molar-refractivity contribution < 1.29 is 9.90 Å². The molecule has 0 saturated carbocycles. The highest BCUT2D eigenvalue weighted by Crippen LogP contribution is 2.49. The standard InChI is InChI=1S/C16H12N2O2S/c1-10(16(19)20)18-12-4-2-3-5-14(12)21-15-7-6-11(9-17)8-13(15)18/h2-8,10H,1H3,(H,19,20)/t10-/m0/s1. The second-order valence-electron chi connectivity index (χ2n) is 4.75. The zero-order chi connectivity index (χ0) is 15.0. The van der Waals surface area contributed by atoms with Crippen molar-refractivity contribution in [2.45, 2.75) is 22.8 Å². The molecule has 3 rings (SSSR count). The second-order valence-corrected chi connectivity index (χ2v) is 5.83. The van der Waals surface area contributed by atoms with Gasteiger partial charge in [0, 0.05) is 9.79 Å². The van der Waals surface area contributed by atoms with Gasteiger partial charge in [-0.05, 0) is 37.3 Å². The first-order valence-corrected chi connectivity index (χ1v) is 7.26. The summed E-state index contributed by atoms with van der Waals surface area (Å²) in [5.41, 5.74) is 2.16. The Morgan fingerprint density at radius 1 is 1.24 bits per heavy atom. The van der Waals surface area contributed by atoms with Gasteiger partial charge in [0.05, 0.1) is 23.0 Å². The molecule has 2 aromatic rings. The first-order chi connectivity index (χ1) is 10.1. The molecule has 21 heavy (non-hydrogen) atoms. The summed E-state index contributed by atoms with van der Waals surface area (Å²) < 4.78 is 0. The Bertz CT molecular complexity index is 767. The summed E-state index contributed by atoms with van der Waals surface area (Å²) in [6.45, 7) is 1.65. The third kappa shape index (κ3) is 2.24. The van der Waals surface area contributed by atoms with Gasteiger partial charge in [0.1, 0.15) is 6.04 Å². The molecule has 0 unspecified atom stereocenters. The van der Waals surface area contributed by atoms with Crippen molar-refractivity contribution in [1.82, 2.24) is 0 Å². The van der Waals surface area contributed by atoms with E-state index < -0.39 is 12.0 Å². The molecule has 0 fully saturated rings. The first-order valence-electron chi connectivity index (χ1n) is 6.45. The van der Waals surface area contributed by atoms with Crippen molar-refractivity contribution >= 4 is 29.1 Å². The molecule has 0 aromatic heterocycles. The van der Waals surface area contributed by atoms with Gasteiger partial charge in [0.2, 0.25) is 0 Å². The number of nitrogens with zero attached hydrogens (tertiary/aromatic N) is 2. The van der Waals surface area contributed by atoms with E-state index in [9.17, 15) is 9.90 Å². The van der Waals surface area contributed by atoms with Crippen LogP contribution in [0.3, 0.4) is 0 Å². The van der Waals surface area contributed by atoms with Crippen LogP contribution in [0.25, 0.3) is 0 Å². The number of carboxylic acids is 1. The number of aliphatic carboxylic acids is 1. The fourth-order valence-corrected chi connectivity index (χ4v) is 3.43. The van der Waals surface area contributed by atoms with Crippen LogP contribution in [-0.2, 0) is 4.79 Å². The fourth-order valence-electron chi connectivity index (χ4n) is 2.38. The quantitative estimate of drug-likeness (QED) is 0.916. The molecule has 1 atom stereocenters.